The van der Waals surface area contributed by atoms with E-state index in [1.54, 1.807) is 11.9 Å². The summed E-state index contributed by atoms with van der Waals surface area (Å²) in [7, 11) is 1.77. The molecule has 0 fully saturated rings. The number of urea groups is 1. The van der Waals surface area contributed by atoms with E-state index in [9.17, 15) is 4.79 Å². The Hall–Kier alpha value is -2.49. The Labute approximate surface area is 131 Å². The van der Waals surface area contributed by atoms with Crippen molar-refractivity contribution in [3.05, 3.63) is 60.2 Å². The number of ether oxygens (including phenoxy) is 1. The number of hydrogen-bond acceptors (Lipinski definition) is 2. The van der Waals surface area contributed by atoms with Crippen molar-refractivity contribution in [1.82, 2.24) is 4.90 Å². The molecule has 0 heterocycles. The first-order valence-electron chi connectivity index (χ1n) is 7.38. The first kappa shape index (κ1) is 15.9. The molecule has 2 aromatic carbocycles. The summed E-state index contributed by atoms with van der Waals surface area (Å²) < 4.78 is 5.71. The first-order chi connectivity index (χ1) is 10.6. The maximum atomic E-state index is 12.3. The van der Waals surface area contributed by atoms with Gasteiger partial charge in [0.15, 0.2) is 0 Å². The quantitative estimate of drug-likeness (QED) is 0.901. The Bertz CT molecular complexity index is 611. The van der Waals surface area contributed by atoms with E-state index < -0.39 is 0 Å². The molecule has 0 saturated heterocycles. The molecule has 0 atom stereocenters. The minimum Gasteiger partial charge on any atom is -0.489 e. The minimum absolute atomic E-state index is 0.0556. The van der Waals surface area contributed by atoms with Crippen molar-refractivity contribution in [2.45, 2.75) is 26.5 Å². The Morgan fingerprint density at radius 3 is 2.41 bits per heavy atom. The van der Waals surface area contributed by atoms with Crippen molar-refractivity contribution < 1.29 is 9.53 Å². The molecule has 0 radical (unpaired) electrons. The van der Waals surface area contributed by atoms with E-state index >= 15 is 0 Å². The van der Waals surface area contributed by atoms with Gasteiger partial charge in [-0.15, -0.1) is 0 Å². The summed E-state index contributed by atoms with van der Waals surface area (Å²) in [5.41, 5.74) is 1.77. The lowest BCUT2D eigenvalue weighted by Crippen LogP contribution is -2.31. The van der Waals surface area contributed by atoms with Gasteiger partial charge in [0.2, 0.25) is 0 Å². The number of nitrogens with zero attached hydrogens (tertiary/aromatic N) is 1. The number of carbonyl (C=O) groups excluding carboxylic acids is 1. The van der Waals surface area contributed by atoms with Gasteiger partial charge in [0.1, 0.15) is 5.75 Å². The average Bonchev–Trinajstić information content (AvgIpc) is 2.49. The molecule has 0 saturated carbocycles. The van der Waals surface area contributed by atoms with Crippen LogP contribution in [0.25, 0.3) is 0 Å². The average molecular weight is 298 g/mol. The van der Waals surface area contributed by atoms with E-state index in [1.165, 1.54) is 0 Å². The molecule has 2 rings (SSSR count). The molecule has 4 heteroatoms. The van der Waals surface area contributed by atoms with Gasteiger partial charge in [-0.05, 0) is 31.5 Å². The molecular formula is C18H22N2O2. The molecule has 0 spiro atoms. The lowest BCUT2D eigenvalue weighted by molar-refractivity contribution is 0.219. The highest BCUT2D eigenvalue weighted by Gasteiger charge is 2.12. The number of para-hydroxylation sites is 2. The molecule has 116 valence electrons. The maximum absolute atomic E-state index is 12.3. The molecule has 1 N–H and O–H groups in total. The summed E-state index contributed by atoms with van der Waals surface area (Å²) in [6, 6.07) is 17.2. The Morgan fingerprint density at radius 2 is 1.73 bits per heavy atom. The fraction of sp³-hybridized carbons (Fsp3) is 0.278. The summed E-state index contributed by atoms with van der Waals surface area (Å²) in [5, 5.41) is 2.90. The van der Waals surface area contributed by atoms with E-state index in [0.717, 1.165) is 5.56 Å². The minimum atomic E-state index is -0.163. The third-order valence-electron chi connectivity index (χ3n) is 3.10. The normalized spacial score (nSPS) is 10.4. The Balaban J connectivity index is 2.02. The molecule has 0 aliphatic heterocycles. The summed E-state index contributed by atoms with van der Waals surface area (Å²) in [6.45, 7) is 4.47. The number of amides is 2. The van der Waals surface area contributed by atoms with Crippen LogP contribution in [-0.2, 0) is 6.54 Å². The van der Waals surface area contributed by atoms with Gasteiger partial charge >= 0.3 is 6.03 Å². The molecule has 0 bridgehead atoms. The van der Waals surface area contributed by atoms with Crippen molar-refractivity contribution >= 4 is 11.7 Å². The number of hydrogen-bond donors (Lipinski definition) is 1. The zero-order valence-corrected chi connectivity index (χ0v) is 13.2. The van der Waals surface area contributed by atoms with E-state index in [0.29, 0.717) is 18.0 Å². The van der Waals surface area contributed by atoms with Crippen LogP contribution in [0.1, 0.15) is 19.4 Å². The van der Waals surface area contributed by atoms with Crippen LogP contribution in [-0.4, -0.2) is 24.1 Å². The highest BCUT2D eigenvalue weighted by atomic mass is 16.5. The number of rotatable bonds is 5. The van der Waals surface area contributed by atoms with Gasteiger partial charge in [-0.3, -0.25) is 0 Å². The molecule has 2 aromatic rings. The second-order valence-corrected chi connectivity index (χ2v) is 5.43. The SMILES string of the molecule is CC(C)Oc1ccccc1NC(=O)N(C)Cc1ccccc1. The number of nitrogens with one attached hydrogen (secondary N) is 1. The zero-order chi connectivity index (χ0) is 15.9. The predicted molar refractivity (Wildman–Crippen MR) is 89.1 cm³/mol. The van der Waals surface area contributed by atoms with Crippen molar-refractivity contribution in [1.29, 1.82) is 0 Å². The van der Waals surface area contributed by atoms with Gasteiger partial charge in [-0.25, -0.2) is 4.79 Å². The van der Waals surface area contributed by atoms with Gasteiger partial charge in [0, 0.05) is 13.6 Å². The van der Waals surface area contributed by atoms with Crippen LogP contribution >= 0.6 is 0 Å². The smallest absolute Gasteiger partial charge is 0.321 e. The van der Waals surface area contributed by atoms with Crippen molar-refractivity contribution in [2.75, 3.05) is 12.4 Å². The van der Waals surface area contributed by atoms with E-state index in [4.69, 9.17) is 4.74 Å². The molecule has 0 aliphatic carbocycles. The lowest BCUT2D eigenvalue weighted by Gasteiger charge is -2.20. The maximum Gasteiger partial charge on any atom is 0.321 e. The van der Waals surface area contributed by atoms with Crippen LogP contribution < -0.4 is 10.1 Å². The second-order valence-electron chi connectivity index (χ2n) is 5.43. The van der Waals surface area contributed by atoms with Crippen molar-refractivity contribution in [3.63, 3.8) is 0 Å². The summed E-state index contributed by atoms with van der Waals surface area (Å²) in [6.07, 6.45) is 0.0556. The van der Waals surface area contributed by atoms with E-state index in [-0.39, 0.29) is 12.1 Å². The Morgan fingerprint density at radius 1 is 1.09 bits per heavy atom. The summed E-state index contributed by atoms with van der Waals surface area (Å²) in [5.74, 6) is 0.680. The fourth-order valence-electron chi connectivity index (χ4n) is 2.07. The van der Waals surface area contributed by atoms with E-state index in [1.807, 2.05) is 68.4 Å². The monoisotopic (exact) mass is 298 g/mol. The Kier molecular flexibility index (Phi) is 5.42. The lowest BCUT2D eigenvalue weighted by atomic mass is 10.2. The second kappa shape index (κ2) is 7.50. The predicted octanol–water partition coefficient (Wildman–Crippen LogP) is 4.14. The van der Waals surface area contributed by atoms with Gasteiger partial charge < -0.3 is 15.0 Å². The van der Waals surface area contributed by atoms with Gasteiger partial charge in [0.05, 0.1) is 11.8 Å². The molecule has 22 heavy (non-hydrogen) atoms. The molecule has 0 aromatic heterocycles. The topological polar surface area (TPSA) is 41.6 Å². The van der Waals surface area contributed by atoms with Crippen molar-refractivity contribution in [3.8, 4) is 5.75 Å². The van der Waals surface area contributed by atoms with Gasteiger partial charge in [0.25, 0.3) is 0 Å². The highest BCUT2D eigenvalue weighted by molar-refractivity contribution is 5.90. The molecule has 0 unspecified atom stereocenters. The van der Waals surface area contributed by atoms with Crippen LogP contribution in [0.2, 0.25) is 0 Å². The van der Waals surface area contributed by atoms with Crippen molar-refractivity contribution in [2.24, 2.45) is 0 Å². The van der Waals surface area contributed by atoms with Crippen LogP contribution in [0.15, 0.2) is 54.6 Å². The molecule has 0 aliphatic rings. The third-order valence-corrected chi connectivity index (χ3v) is 3.10. The van der Waals surface area contributed by atoms with Crippen LogP contribution in [0, 0.1) is 0 Å². The number of anilines is 1. The van der Waals surface area contributed by atoms with E-state index in [2.05, 4.69) is 5.32 Å². The van der Waals surface area contributed by atoms with Gasteiger partial charge in [-0.1, -0.05) is 42.5 Å². The van der Waals surface area contributed by atoms with Crippen LogP contribution in [0.4, 0.5) is 10.5 Å². The summed E-state index contributed by atoms with van der Waals surface area (Å²) >= 11 is 0. The third kappa shape index (κ3) is 4.52. The van der Waals surface area contributed by atoms with Crippen LogP contribution in [0.5, 0.6) is 5.75 Å². The largest absolute Gasteiger partial charge is 0.489 e. The zero-order valence-electron chi connectivity index (χ0n) is 13.2. The fourth-order valence-corrected chi connectivity index (χ4v) is 2.07. The van der Waals surface area contributed by atoms with Crippen LogP contribution in [0.3, 0.4) is 0 Å². The molecule has 2 amide bonds. The molecule has 4 nitrogen and oxygen atoms in total. The standard InChI is InChI=1S/C18H22N2O2/c1-14(2)22-17-12-8-7-11-16(17)19-18(21)20(3)13-15-9-5-4-6-10-15/h4-12,14H,13H2,1-3H3,(H,19,21). The first-order valence-corrected chi connectivity index (χ1v) is 7.38. The number of benzene rings is 2. The summed E-state index contributed by atoms with van der Waals surface area (Å²) in [4.78, 5) is 14.0. The highest BCUT2D eigenvalue weighted by Crippen LogP contribution is 2.25. The number of carbonyl (C=O) groups is 1. The molecular weight excluding hydrogens is 276 g/mol. The van der Waals surface area contributed by atoms with Gasteiger partial charge in [-0.2, -0.15) is 0 Å².